The molecule has 2 rings (SSSR count). The molecule has 0 saturated heterocycles. The fraction of sp³-hybridized carbons (Fsp3) is 0.273. The van der Waals surface area contributed by atoms with Gasteiger partial charge in [-0.3, -0.25) is 0 Å². The lowest BCUT2D eigenvalue weighted by atomic mass is 10.2. The Hall–Kier alpha value is -0.980. The standard InChI is InChI=1S/C11H12FN3S2/c1-7-14-15-11(16-7)17-10-4-3-8(6-13-2)5-9(10)12/h3-5,13H,6H2,1-2H3. The number of aromatic nitrogens is 2. The van der Waals surface area contributed by atoms with Crippen molar-refractivity contribution in [2.45, 2.75) is 22.7 Å². The van der Waals surface area contributed by atoms with E-state index in [-0.39, 0.29) is 5.82 Å². The van der Waals surface area contributed by atoms with Crippen LogP contribution < -0.4 is 5.32 Å². The van der Waals surface area contributed by atoms with Crippen LogP contribution in [0.5, 0.6) is 0 Å². The average molecular weight is 269 g/mol. The summed E-state index contributed by atoms with van der Waals surface area (Å²) in [4.78, 5) is 0.584. The van der Waals surface area contributed by atoms with Crippen LogP contribution in [0.3, 0.4) is 0 Å². The van der Waals surface area contributed by atoms with Crippen LogP contribution in [0.25, 0.3) is 0 Å². The van der Waals surface area contributed by atoms with Gasteiger partial charge in [0.2, 0.25) is 0 Å². The molecule has 0 aliphatic rings. The minimum atomic E-state index is -0.212. The summed E-state index contributed by atoms with van der Waals surface area (Å²) in [6, 6.07) is 5.24. The Labute approximate surface area is 107 Å². The normalized spacial score (nSPS) is 10.8. The van der Waals surface area contributed by atoms with E-state index in [4.69, 9.17) is 0 Å². The Kier molecular flexibility index (Phi) is 4.09. The molecule has 3 nitrogen and oxygen atoms in total. The number of nitrogens with zero attached hydrogens (tertiary/aromatic N) is 2. The van der Waals surface area contributed by atoms with E-state index in [9.17, 15) is 4.39 Å². The van der Waals surface area contributed by atoms with Crippen molar-refractivity contribution in [2.75, 3.05) is 7.05 Å². The fourth-order valence-corrected chi connectivity index (χ4v) is 3.13. The molecular weight excluding hydrogens is 257 g/mol. The Morgan fingerprint density at radius 3 is 2.82 bits per heavy atom. The highest BCUT2D eigenvalue weighted by Gasteiger charge is 2.08. The van der Waals surface area contributed by atoms with Crippen molar-refractivity contribution < 1.29 is 4.39 Å². The van der Waals surface area contributed by atoms with Gasteiger partial charge in [0.1, 0.15) is 10.8 Å². The number of benzene rings is 1. The van der Waals surface area contributed by atoms with Crippen molar-refractivity contribution in [3.63, 3.8) is 0 Å². The van der Waals surface area contributed by atoms with Gasteiger partial charge in [-0.2, -0.15) is 0 Å². The molecule has 0 radical (unpaired) electrons. The van der Waals surface area contributed by atoms with Gasteiger partial charge in [0.05, 0.1) is 4.90 Å². The van der Waals surface area contributed by atoms with Crippen LogP contribution in [0.1, 0.15) is 10.6 Å². The first kappa shape index (κ1) is 12.5. The molecule has 90 valence electrons. The predicted molar refractivity (Wildman–Crippen MR) is 67.9 cm³/mol. The Bertz CT molecular complexity index is 513. The van der Waals surface area contributed by atoms with Crippen molar-refractivity contribution in [1.82, 2.24) is 15.5 Å². The molecule has 1 N–H and O–H groups in total. The number of aryl methyl sites for hydroxylation is 1. The minimum Gasteiger partial charge on any atom is -0.316 e. The van der Waals surface area contributed by atoms with E-state index in [1.165, 1.54) is 23.1 Å². The number of hydrogen-bond acceptors (Lipinski definition) is 5. The molecule has 0 aliphatic carbocycles. The Morgan fingerprint density at radius 2 is 2.24 bits per heavy atom. The summed E-state index contributed by atoms with van der Waals surface area (Å²) in [6.45, 7) is 2.55. The van der Waals surface area contributed by atoms with Gasteiger partial charge in [-0.1, -0.05) is 29.2 Å². The van der Waals surface area contributed by atoms with Crippen LogP contribution in [-0.2, 0) is 6.54 Å². The van der Waals surface area contributed by atoms with E-state index in [1.807, 2.05) is 20.0 Å². The van der Waals surface area contributed by atoms with E-state index in [0.29, 0.717) is 11.4 Å². The second-order valence-corrected chi connectivity index (χ2v) is 5.95. The quantitative estimate of drug-likeness (QED) is 0.926. The van der Waals surface area contributed by atoms with E-state index < -0.39 is 0 Å². The number of rotatable bonds is 4. The molecular formula is C11H12FN3S2. The van der Waals surface area contributed by atoms with E-state index in [1.54, 1.807) is 12.1 Å². The lowest BCUT2D eigenvalue weighted by Crippen LogP contribution is -2.05. The summed E-state index contributed by atoms with van der Waals surface area (Å²) in [5, 5.41) is 11.7. The zero-order valence-corrected chi connectivity index (χ0v) is 11.2. The van der Waals surface area contributed by atoms with Crippen LogP contribution in [0.15, 0.2) is 27.4 Å². The number of hydrogen-bond donors (Lipinski definition) is 1. The summed E-state index contributed by atoms with van der Waals surface area (Å²) in [5.41, 5.74) is 0.933. The zero-order valence-electron chi connectivity index (χ0n) is 9.53. The second kappa shape index (κ2) is 5.57. The van der Waals surface area contributed by atoms with Crippen molar-refractivity contribution >= 4 is 23.1 Å². The second-order valence-electron chi connectivity index (χ2n) is 3.48. The van der Waals surface area contributed by atoms with Crippen LogP contribution in [0, 0.1) is 12.7 Å². The van der Waals surface area contributed by atoms with Crippen LogP contribution in [0.2, 0.25) is 0 Å². The molecule has 6 heteroatoms. The van der Waals surface area contributed by atoms with Crippen molar-refractivity contribution in [3.05, 3.63) is 34.6 Å². The first-order valence-corrected chi connectivity index (χ1v) is 6.73. The molecule has 0 bridgehead atoms. The van der Waals surface area contributed by atoms with Gasteiger partial charge in [0.15, 0.2) is 4.34 Å². The molecule has 0 unspecified atom stereocenters. The third-order valence-electron chi connectivity index (χ3n) is 2.08. The van der Waals surface area contributed by atoms with Gasteiger partial charge in [0, 0.05) is 6.54 Å². The SMILES string of the molecule is CNCc1ccc(Sc2nnc(C)s2)c(F)c1. The number of nitrogens with one attached hydrogen (secondary N) is 1. The topological polar surface area (TPSA) is 37.8 Å². The molecule has 1 heterocycles. The smallest absolute Gasteiger partial charge is 0.179 e. The maximum Gasteiger partial charge on any atom is 0.179 e. The lowest BCUT2D eigenvalue weighted by molar-refractivity contribution is 0.598. The molecule has 0 aliphatic heterocycles. The van der Waals surface area contributed by atoms with E-state index in [2.05, 4.69) is 15.5 Å². The summed E-state index contributed by atoms with van der Waals surface area (Å²) < 4.78 is 14.5. The molecule has 2 aromatic rings. The number of halogens is 1. The van der Waals surface area contributed by atoms with Crippen molar-refractivity contribution in [1.29, 1.82) is 0 Å². The maximum absolute atomic E-state index is 13.8. The molecule has 0 fully saturated rings. The molecule has 17 heavy (non-hydrogen) atoms. The minimum absolute atomic E-state index is 0.212. The Balaban J connectivity index is 2.16. The predicted octanol–water partition coefficient (Wildman–Crippen LogP) is 2.86. The maximum atomic E-state index is 13.8. The van der Waals surface area contributed by atoms with Gasteiger partial charge in [-0.05, 0) is 31.7 Å². The molecule has 0 amide bonds. The zero-order chi connectivity index (χ0) is 12.3. The lowest BCUT2D eigenvalue weighted by Gasteiger charge is -2.03. The van der Waals surface area contributed by atoms with Crippen molar-refractivity contribution in [2.24, 2.45) is 0 Å². The van der Waals surface area contributed by atoms with E-state index in [0.717, 1.165) is 14.9 Å². The van der Waals surface area contributed by atoms with Gasteiger partial charge in [-0.25, -0.2) is 4.39 Å². The fourth-order valence-electron chi connectivity index (χ4n) is 1.35. The monoisotopic (exact) mass is 269 g/mol. The average Bonchev–Trinajstić information content (AvgIpc) is 2.69. The molecule has 0 saturated carbocycles. The van der Waals surface area contributed by atoms with E-state index >= 15 is 0 Å². The highest BCUT2D eigenvalue weighted by Crippen LogP contribution is 2.31. The molecule has 1 aromatic heterocycles. The molecule has 1 aromatic carbocycles. The third-order valence-corrected chi connectivity index (χ3v) is 4.02. The van der Waals surface area contributed by atoms with Crippen LogP contribution >= 0.6 is 23.1 Å². The van der Waals surface area contributed by atoms with Gasteiger partial charge in [0.25, 0.3) is 0 Å². The summed E-state index contributed by atoms with van der Waals surface area (Å²) in [7, 11) is 1.84. The summed E-state index contributed by atoms with van der Waals surface area (Å²) >= 11 is 2.78. The van der Waals surface area contributed by atoms with Gasteiger partial charge < -0.3 is 5.32 Å². The van der Waals surface area contributed by atoms with Crippen molar-refractivity contribution in [3.8, 4) is 0 Å². The third kappa shape index (κ3) is 3.24. The summed E-state index contributed by atoms with van der Waals surface area (Å²) in [6.07, 6.45) is 0. The van der Waals surface area contributed by atoms with Gasteiger partial charge >= 0.3 is 0 Å². The highest BCUT2D eigenvalue weighted by atomic mass is 32.2. The summed E-state index contributed by atoms with van der Waals surface area (Å²) in [5.74, 6) is -0.212. The van der Waals surface area contributed by atoms with Crippen LogP contribution in [-0.4, -0.2) is 17.2 Å². The first-order chi connectivity index (χ1) is 8.19. The van der Waals surface area contributed by atoms with Crippen LogP contribution in [0.4, 0.5) is 4.39 Å². The largest absolute Gasteiger partial charge is 0.316 e. The molecule has 0 spiro atoms. The molecule has 0 atom stereocenters. The van der Waals surface area contributed by atoms with Gasteiger partial charge in [-0.15, -0.1) is 10.2 Å². The first-order valence-electron chi connectivity index (χ1n) is 5.10. The Morgan fingerprint density at radius 1 is 1.41 bits per heavy atom. The highest BCUT2D eigenvalue weighted by molar-refractivity contribution is 8.01.